The van der Waals surface area contributed by atoms with Gasteiger partial charge in [-0.1, -0.05) is 25.7 Å². The molecular formula is C19H29N3O. The molecular weight excluding hydrogens is 286 g/mol. The van der Waals surface area contributed by atoms with Crippen molar-refractivity contribution in [1.82, 2.24) is 15.1 Å². The fourth-order valence-corrected chi connectivity index (χ4v) is 6.07. The maximum Gasteiger partial charge on any atom is 0.0762 e. The fraction of sp³-hybridized carbons (Fsp3) is 0.842. The van der Waals surface area contributed by atoms with E-state index in [1.807, 2.05) is 0 Å². The van der Waals surface area contributed by atoms with Crippen molar-refractivity contribution in [2.24, 2.45) is 11.3 Å². The third kappa shape index (κ3) is 2.21. The number of ether oxygens (including phenoxy) is 1. The molecule has 4 nitrogen and oxygen atoms in total. The largest absolute Gasteiger partial charge is 0.377 e. The minimum absolute atomic E-state index is 0.454. The van der Waals surface area contributed by atoms with Gasteiger partial charge < -0.3 is 10.1 Å². The van der Waals surface area contributed by atoms with Gasteiger partial charge in [0.2, 0.25) is 0 Å². The molecule has 0 amide bonds. The van der Waals surface area contributed by atoms with Gasteiger partial charge in [0.25, 0.3) is 0 Å². The van der Waals surface area contributed by atoms with Crippen molar-refractivity contribution in [2.45, 2.75) is 82.5 Å². The minimum Gasteiger partial charge on any atom is -0.377 e. The summed E-state index contributed by atoms with van der Waals surface area (Å²) >= 11 is 0. The smallest absolute Gasteiger partial charge is 0.0762 e. The van der Waals surface area contributed by atoms with E-state index in [0.717, 1.165) is 19.1 Å². The lowest BCUT2D eigenvalue weighted by Crippen LogP contribution is -2.67. The predicted molar refractivity (Wildman–Crippen MR) is 89.1 cm³/mol. The summed E-state index contributed by atoms with van der Waals surface area (Å²) in [6, 6.07) is 3.53. The van der Waals surface area contributed by atoms with E-state index in [9.17, 15) is 0 Å². The molecule has 1 spiro atoms. The molecule has 0 unspecified atom stereocenters. The zero-order valence-electron chi connectivity index (χ0n) is 14.0. The van der Waals surface area contributed by atoms with Crippen LogP contribution in [-0.2, 0) is 11.3 Å². The first kappa shape index (κ1) is 14.5. The molecule has 4 heteroatoms. The van der Waals surface area contributed by atoms with Gasteiger partial charge in [-0.05, 0) is 38.2 Å². The average Bonchev–Trinajstić information content (AvgIpc) is 3.33. The summed E-state index contributed by atoms with van der Waals surface area (Å²) in [5.41, 5.74) is 1.67. The number of rotatable bonds is 4. The van der Waals surface area contributed by atoms with Crippen LogP contribution >= 0.6 is 0 Å². The molecule has 23 heavy (non-hydrogen) atoms. The third-order valence-corrected chi connectivity index (χ3v) is 7.15. The highest BCUT2D eigenvalue weighted by Gasteiger charge is 2.64. The van der Waals surface area contributed by atoms with Crippen LogP contribution in [0.2, 0.25) is 0 Å². The van der Waals surface area contributed by atoms with Crippen molar-refractivity contribution < 1.29 is 4.74 Å². The molecule has 3 saturated carbocycles. The summed E-state index contributed by atoms with van der Waals surface area (Å²) in [7, 11) is 0. The third-order valence-electron chi connectivity index (χ3n) is 7.15. The van der Waals surface area contributed by atoms with Crippen molar-refractivity contribution in [2.75, 3.05) is 6.61 Å². The van der Waals surface area contributed by atoms with Crippen LogP contribution in [0.1, 0.15) is 69.5 Å². The Labute approximate surface area is 139 Å². The first-order valence-electron chi connectivity index (χ1n) is 9.76. The first-order chi connectivity index (χ1) is 11.4. The molecule has 4 fully saturated rings. The van der Waals surface area contributed by atoms with E-state index in [4.69, 9.17) is 9.84 Å². The monoisotopic (exact) mass is 315 g/mol. The van der Waals surface area contributed by atoms with Crippen LogP contribution in [0.4, 0.5) is 0 Å². The number of nitrogens with zero attached hydrogens (tertiary/aromatic N) is 2. The number of aromatic nitrogens is 2. The number of hydrogen-bond donors (Lipinski definition) is 1. The topological polar surface area (TPSA) is 39.1 Å². The zero-order chi connectivity index (χ0) is 15.3. The zero-order valence-corrected chi connectivity index (χ0v) is 14.0. The maximum atomic E-state index is 6.08. The van der Waals surface area contributed by atoms with Crippen molar-refractivity contribution in [3.8, 4) is 0 Å². The second kappa shape index (κ2) is 5.59. The average molecular weight is 315 g/mol. The molecule has 5 rings (SSSR count). The Kier molecular flexibility index (Phi) is 3.52. The van der Waals surface area contributed by atoms with Crippen molar-refractivity contribution >= 4 is 0 Å². The highest BCUT2D eigenvalue weighted by Crippen LogP contribution is 2.60. The van der Waals surface area contributed by atoms with Crippen LogP contribution in [0, 0.1) is 11.3 Å². The fourth-order valence-electron chi connectivity index (χ4n) is 6.07. The minimum atomic E-state index is 0.454. The normalized spacial score (nSPS) is 35.7. The molecule has 3 atom stereocenters. The summed E-state index contributed by atoms with van der Waals surface area (Å²) in [5, 5.41) is 8.73. The number of nitrogens with one attached hydrogen (secondary N) is 1. The molecule has 1 N–H and O–H groups in total. The van der Waals surface area contributed by atoms with Gasteiger partial charge in [0.05, 0.1) is 17.8 Å². The van der Waals surface area contributed by atoms with E-state index >= 15 is 0 Å². The van der Waals surface area contributed by atoms with E-state index in [0.29, 0.717) is 23.6 Å². The Balaban J connectivity index is 1.25. The molecule has 1 saturated heterocycles. The van der Waals surface area contributed by atoms with Crippen LogP contribution in [0.25, 0.3) is 0 Å². The summed E-state index contributed by atoms with van der Waals surface area (Å²) in [5.74, 6) is 0.755. The van der Waals surface area contributed by atoms with E-state index < -0.39 is 0 Å². The first-order valence-corrected chi connectivity index (χ1v) is 9.76. The quantitative estimate of drug-likeness (QED) is 0.925. The van der Waals surface area contributed by atoms with E-state index in [2.05, 4.69) is 22.3 Å². The van der Waals surface area contributed by atoms with E-state index in [1.165, 1.54) is 63.5 Å². The van der Waals surface area contributed by atoms with Crippen LogP contribution in [0.3, 0.4) is 0 Å². The molecule has 3 aliphatic carbocycles. The predicted octanol–water partition coefficient (Wildman–Crippen LogP) is 3.44. The molecule has 4 aliphatic rings. The lowest BCUT2D eigenvalue weighted by Gasteiger charge is -2.57. The highest BCUT2D eigenvalue weighted by atomic mass is 16.5. The van der Waals surface area contributed by atoms with Crippen molar-refractivity contribution in [3.05, 3.63) is 18.0 Å². The summed E-state index contributed by atoms with van der Waals surface area (Å²) < 4.78 is 8.30. The molecule has 1 aromatic rings. The van der Waals surface area contributed by atoms with Crippen LogP contribution in [-0.4, -0.2) is 28.5 Å². The molecule has 0 aromatic carbocycles. The highest BCUT2D eigenvalue weighted by molar-refractivity contribution is 5.17. The van der Waals surface area contributed by atoms with Crippen LogP contribution in [0.15, 0.2) is 12.3 Å². The van der Waals surface area contributed by atoms with Crippen molar-refractivity contribution in [3.63, 3.8) is 0 Å². The number of hydrogen-bond acceptors (Lipinski definition) is 3. The van der Waals surface area contributed by atoms with Crippen LogP contribution < -0.4 is 5.32 Å². The van der Waals surface area contributed by atoms with Crippen molar-refractivity contribution in [1.29, 1.82) is 0 Å². The van der Waals surface area contributed by atoms with E-state index in [-0.39, 0.29) is 0 Å². The molecule has 2 heterocycles. The number of fused-ring (bicyclic) bond motifs is 2. The van der Waals surface area contributed by atoms with Gasteiger partial charge in [-0.3, -0.25) is 4.68 Å². The Bertz CT molecular complexity index is 557. The summed E-state index contributed by atoms with van der Waals surface area (Å²) in [4.78, 5) is 0. The van der Waals surface area contributed by atoms with Gasteiger partial charge in [-0.2, -0.15) is 5.10 Å². The maximum absolute atomic E-state index is 6.08. The molecule has 126 valence electrons. The van der Waals surface area contributed by atoms with Gasteiger partial charge >= 0.3 is 0 Å². The molecule has 1 aromatic heterocycles. The SMILES string of the molecule is c1cn(C2CCCC2)nc1CN[C@@H]1[C@@H]2CCO[C@H]2C12CCCC2. The van der Waals surface area contributed by atoms with Gasteiger partial charge in [0.15, 0.2) is 0 Å². The van der Waals surface area contributed by atoms with E-state index in [1.54, 1.807) is 0 Å². The summed E-state index contributed by atoms with van der Waals surface area (Å²) in [6.45, 7) is 1.90. The Morgan fingerprint density at radius 3 is 2.83 bits per heavy atom. The lowest BCUT2D eigenvalue weighted by atomic mass is 9.54. The Hall–Kier alpha value is -0.870. The van der Waals surface area contributed by atoms with Gasteiger partial charge in [0.1, 0.15) is 0 Å². The summed E-state index contributed by atoms with van der Waals surface area (Å²) in [6.07, 6.45) is 14.9. The Morgan fingerprint density at radius 2 is 2.00 bits per heavy atom. The molecule has 0 radical (unpaired) electrons. The second-order valence-electron chi connectivity index (χ2n) is 8.27. The molecule has 0 bridgehead atoms. The van der Waals surface area contributed by atoms with Crippen LogP contribution in [0.5, 0.6) is 0 Å². The lowest BCUT2D eigenvalue weighted by molar-refractivity contribution is -0.131. The molecule has 1 aliphatic heterocycles. The second-order valence-corrected chi connectivity index (χ2v) is 8.27. The standard InChI is InChI=1S/C19H29N3O/c1-2-6-15(5-1)22-11-7-14(21-22)13-20-17-16-8-12-23-18(16)19(17)9-3-4-10-19/h7,11,15-18,20H,1-6,8-10,12-13H2/t16-,17+,18+/m0/s1. The van der Waals surface area contributed by atoms with Gasteiger partial charge in [-0.25, -0.2) is 0 Å². The Morgan fingerprint density at radius 1 is 1.17 bits per heavy atom. The van der Waals surface area contributed by atoms with Gasteiger partial charge in [0, 0.05) is 36.7 Å². The van der Waals surface area contributed by atoms with Gasteiger partial charge in [-0.15, -0.1) is 0 Å².